The third-order valence-corrected chi connectivity index (χ3v) is 4.27. The second kappa shape index (κ2) is 7.62. The molecule has 1 amide bonds. The number of carbonyl (C=O) groups excluding carboxylic acids is 1. The minimum atomic E-state index is -0.767. The third-order valence-electron chi connectivity index (χ3n) is 4.27. The van der Waals surface area contributed by atoms with Gasteiger partial charge in [0.2, 0.25) is 11.7 Å². The summed E-state index contributed by atoms with van der Waals surface area (Å²) < 4.78 is 16.0. The zero-order chi connectivity index (χ0) is 17.7. The summed E-state index contributed by atoms with van der Waals surface area (Å²) >= 11 is 0. The molecule has 1 fully saturated rings. The molecular formula is C17H22N4O4. The molecule has 1 aromatic carbocycles. The number of piperidine rings is 1. The van der Waals surface area contributed by atoms with Gasteiger partial charge in [-0.05, 0) is 50.2 Å². The second-order valence-corrected chi connectivity index (χ2v) is 5.95. The number of hydrogen-bond acceptors (Lipinski definition) is 7. The maximum Gasteiger partial charge on any atom is 0.256 e. The van der Waals surface area contributed by atoms with Crippen LogP contribution in [0.4, 0.5) is 5.69 Å². The number of anilines is 1. The Labute approximate surface area is 145 Å². The predicted molar refractivity (Wildman–Crippen MR) is 90.3 cm³/mol. The standard InChI is InChI=1S/C17H22N4O4/c1-12-19-15(21-25-12)11-24-14-5-3-13(4-6-14)20-16(22)17(23-2)7-9-18-10-8-17/h3-6,18H,7-11H2,1-2H3,(H,20,22). The number of ether oxygens (including phenoxy) is 2. The van der Waals surface area contributed by atoms with Crippen molar-refractivity contribution in [1.29, 1.82) is 0 Å². The maximum atomic E-state index is 12.6. The number of methoxy groups -OCH3 is 1. The number of amides is 1. The molecule has 8 heteroatoms. The van der Waals surface area contributed by atoms with E-state index in [9.17, 15) is 4.79 Å². The molecule has 2 N–H and O–H groups in total. The number of benzene rings is 1. The molecule has 134 valence electrons. The lowest BCUT2D eigenvalue weighted by Gasteiger charge is -2.34. The van der Waals surface area contributed by atoms with Crippen molar-refractivity contribution in [2.24, 2.45) is 0 Å². The summed E-state index contributed by atoms with van der Waals surface area (Å²) in [6.07, 6.45) is 1.31. The van der Waals surface area contributed by atoms with Gasteiger partial charge in [-0.3, -0.25) is 4.79 Å². The first-order valence-electron chi connectivity index (χ1n) is 8.21. The van der Waals surface area contributed by atoms with Crippen LogP contribution in [0.3, 0.4) is 0 Å². The largest absolute Gasteiger partial charge is 0.485 e. The van der Waals surface area contributed by atoms with E-state index in [1.165, 1.54) is 0 Å². The Morgan fingerprint density at radius 3 is 2.64 bits per heavy atom. The number of hydrogen-bond donors (Lipinski definition) is 2. The van der Waals surface area contributed by atoms with E-state index in [0.717, 1.165) is 13.1 Å². The molecule has 1 aromatic heterocycles. The Morgan fingerprint density at radius 2 is 2.04 bits per heavy atom. The molecule has 0 aliphatic carbocycles. The van der Waals surface area contributed by atoms with Gasteiger partial charge in [-0.2, -0.15) is 4.98 Å². The van der Waals surface area contributed by atoms with Gasteiger partial charge in [0.05, 0.1) is 0 Å². The van der Waals surface area contributed by atoms with Crippen LogP contribution < -0.4 is 15.4 Å². The fourth-order valence-electron chi connectivity index (χ4n) is 2.78. The van der Waals surface area contributed by atoms with Crippen LogP contribution in [0.25, 0.3) is 0 Å². The highest BCUT2D eigenvalue weighted by Crippen LogP contribution is 2.25. The number of rotatable bonds is 6. The first kappa shape index (κ1) is 17.4. The topological polar surface area (TPSA) is 98.5 Å². The van der Waals surface area contributed by atoms with Crippen LogP contribution in [0.5, 0.6) is 5.75 Å². The van der Waals surface area contributed by atoms with Crippen molar-refractivity contribution >= 4 is 11.6 Å². The highest BCUT2D eigenvalue weighted by Gasteiger charge is 2.39. The summed E-state index contributed by atoms with van der Waals surface area (Å²) in [7, 11) is 1.58. The lowest BCUT2D eigenvalue weighted by Crippen LogP contribution is -2.51. The molecule has 1 saturated heterocycles. The fraction of sp³-hybridized carbons (Fsp3) is 0.471. The number of aryl methyl sites for hydroxylation is 1. The first-order chi connectivity index (χ1) is 12.1. The van der Waals surface area contributed by atoms with E-state index < -0.39 is 5.60 Å². The minimum absolute atomic E-state index is 0.118. The molecule has 1 aliphatic heterocycles. The minimum Gasteiger partial charge on any atom is -0.485 e. The van der Waals surface area contributed by atoms with E-state index in [4.69, 9.17) is 14.0 Å². The summed E-state index contributed by atoms with van der Waals surface area (Å²) in [6.45, 7) is 3.49. The van der Waals surface area contributed by atoms with Gasteiger partial charge in [0.25, 0.3) is 5.91 Å². The van der Waals surface area contributed by atoms with E-state index in [-0.39, 0.29) is 12.5 Å². The zero-order valence-electron chi connectivity index (χ0n) is 14.4. The van der Waals surface area contributed by atoms with Gasteiger partial charge in [-0.15, -0.1) is 0 Å². The van der Waals surface area contributed by atoms with E-state index in [2.05, 4.69) is 20.8 Å². The Morgan fingerprint density at radius 1 is 1.32 bits per heavy atom. The average Bonchev–Trinajstić information content (AvgIpc) is 3.07. The first-order valence-corrected chi connectivity index (χ1v) is 8.21. The number of aromatic nitrogens is 2. The van der Waals surface area contributed by atoms with Crippen LogP contribution in [-0.2, 0) is 16.1 Å². The van der Waals surface area contributed by atoms with Crippen molar-refractivity contribution in [1.82, 2.24) is 15.5 Å². The van der Waals surface area contributed by atoms with Gasteiger partial charge >= 0.3 is 0 Å². The van der Waals surface area contributed by atoms with Crippen LogP contribution in [0.15, 0.2) is 28.8 Å². The van der Waals surface area contributed by atoms with Gasteiger partial charge in [-0.1, -0.05) is 5.16 Å². The van der Waals surface area contributed by atoms with Gasteiger partial charge in [-0.25, -0.2) is 0 Å². The summed E-state index contributed by atoms with van der Waals surface area (Å²) in [4.78, 5) is 16.7. The second-order valence-electron chi connectivity index (χ2n) is 5.95. The van der Waals surface area contributed by atoms with Gasteiger partial charge in [0.15, 0.2) is 6.61 Å². The molecule has 0 radical (unpaired) electrons. The van der Waals surface area contributed by atoms with Gasteiger partial charge < -0.3 is 24.6 Å². The van der Waals surface area contributed by atoms with Crippen molar-refractivity contribution in [3.8, 4) is 5.75 Å². The van der Waals surface area contributed by atoms with Crippen molar-refractivity contribution in [2.75, 3.05) is 25.5 Å². The summed E-state index contributed by atoms with van der Waals surface area (Å²) in [5, 5.41) is 9.93. The van der Waals surface area contributed by atoms with Crippen molar-refractivity contribution in [3.05, 3.63) is 36.0 Å². The quantitative estimate of drug-likeness (QED) is 0.821. The highest BCUT2D eigenvalue weighted by molar-refractivity contribution is 5.97. The molecule has 25 heavy (non-hydrogen) atoms. The molecule has 3 rings (SSSR count). The normalized spacial score (nSPS) is 16.4. The zero-order valence-corrected chi connectivity index (χ0v) is 14.4. The van der Waals surface area contributed by atoms with Crippen LogP contribution >= 0.6 is 0 Å². The smallest absolute Gasteiger partial charge is 0.256 e. The third kappa shape index (κ3) is 4.15. The summed E-state index contributed by atoms with van der Waals surface area (Å²) in [5.41, 5.74) is -0.0700. The Bertz CT molecular complexity index is 708. The molecule has 8 nitrogen and oxygen atoms in total. The van der Waals surface area contributed by atoms with Crippen LogP contribution in [0, 0.1) is 6.92 Å². The molecule has 2 heterocycles. The molecule has 1 aliphatic rings. The van der Waals surface area contributed by atoms with Gasteiger partial charge in [0.1, 0.15) is 11.4 Å². The lowest BCUT2D eigenvalue weighted by atomic mass is 9.91. The van der Waals surface area contributed by atoms with E-state index in [0.29, 0.717) is 36.0 Å². The van der Waals surface area contributed by atoms with Crippen LogP contribution in [0.2, 0.25) is 0 Å². The molecule has 0 saturated carbocycles. The van der Waals surface area contributed by atoms with E-state index in [1.54, 1.807) is 38.3 Å². The number of carbonyl (C=O) groups is 1. The van der Waals surface area contributed by atoms with E-state index >= 15 is 0 Å². The number of nitrogens with zero attached hydrogens (tertiary/aromatic N) is 2. The summed E-state index contributed by atoms with van der Waals surface area (Å²) in [5.74, 6) is 1.53. The molecular weight excluding hydrogens is 324 g/mol. The number of nitrogens with one attached hydrogen (secondary N) is 2. The van der Waals surface area contributed by atoms with Crippen molar-refractivity contribution in [3.63, 3.8) is 0 Å². The molecule has 0 atom stereocenters. The predicted octanol–water partition coefficient (Wildman–Crippen LogP) is 1.66. The maximum absolute atomic E-state index is 12.6. The van der Waals surface area contributed by atoms with Gasteiger partial charge in [0, 0.05) is 19.7 Å². The monoisotopic (exact) mass is 346 g/mol. The van der Waals surface area contributed by atoms with Crippen molar-refractivity contribution in [2.45, 2.75) is 32.0 Å². The lowest BCUT2D eigenvalue weighted by molar-refractivity contribution is -0.140. The molecule has 0 spiro atoms. The Kier molecular flexibility index (Phi) is 5.30. The highest BCUT2D eigenvalue weighted by atomic mass is 16.5. The molecule has 0 unspecified atom stereocenters. The fourth-order valence-corrected chi connectivity index (χ4v) is 2.78. The summed E-state index contributed by atoms with van der Waals surface area (Å²) in [6, 6.07) is 7.15. The average molecular weight is 346 g/mol. The van der Waals surface area contributed by atoms with E-state index in [1.807, 2.05) is 0 Å². The molecule has 0 bridgehead atoms. The van der Waals surface area contributed by atoms with Crippen LogP contribution in [-0.4, -0.2) is 41.8 Å². The molecule has 2 aromatic rings. The van der Waals surface area contributed by atoms with Crippen molar-refractivity contribution < 1.29 is 18.8 Å². The Balaban J connectivity index is 1.57. The SMILES string of the molecule is COC1(C(=O)Nc2ccc(OCc3noc(C)n3)cc2)CCNCC1. The Hall–Kier alpha value is -2.45. The van der Waals surface area contributed by atoms with Crippen LogP contribution in [0.1, 0.15) is 24.6 Å².